The highest BCUT2D eigenvalue weighted by atomic mass is 79.9. The van der Waals surface area contributed by atoms with Crippen LogP contribution in [-0.2, 0) is 9.53 Å². The van der Waals surface area contributed by atoms with Gasteiger partial charge in [0.15, 0.2) is 0 Å². The number of ether oxygens (including phenoxy) is 1. The summed E-state index contributed by atoms with van der Waals surface area (Å²) in [6, 6.07) is 1.34. The van der Waals surface area contributed by atoms with Crippen molar-refractivity contribution < 1.29 is 31.0 Å². The Morgan fingerprint density at radius 3 is 2.24 bits per heavy atom. The Morgan fingerprint density at radius 1 is 0.865 bits per heavy atom. The van der Waals surface area contributed by atoms with Crippen LogP contribution in [0, 0.1) is 34.5 Å². The molecule has 0 aromatic rings. The first-order valence-electron chi connectivity index (χ1n) is 16.0. The van der Waals surface area contributed by atoms with Crippen molar-refractivity contribution in [1.82, 2.24) is 4.90 Å². The lowest BCUT2D eigenvalue weighted by molar-refractivity contribution is -0.940. The maximum Gasteiger partial charge on any atom is 0.302 e. The van der Waals surface area contributed by atoms with Crippen LogP contribution >= 0.6 is 0 Å². The Kier molecular flexibility index (Phi) is 8.21. The van der Waals surface area contributed by atoms with Crippen molar-refractivity contribution in [2.45, 2.75) is 129 Å². The minimum atomic E-state index is -0.0599. The van der Waals surface area contributed by atoms with Gasteiger partial charge in [-0.1, -0.05) is 20.3 Å². The maximum atomic E-state index is 12.3. The molecule has 2 saturated heterocycles. The van der Waals surface area contributed by atoms with Gasteiger partial charge in [-0.15, -0.1) is 0 Å². The fraction of sp³-hybridized carbons (Fsp3) is 0.969. The highest BCUT2D eigenvalue weighted by Crippen LogP contribution is 2.67. The molecule has 4 unspecified atom stereocenters. The summed E-state index contributed by atoms with van der Waals surface area (Å²) in [6.07, 6.45) is 19.6. The van der Waals surface area contributed by atoms with Gasteiger partial charge in [0.2, 0.25) is 0 Å². The Balaban J connectivity index is 0.00000280. The Labute approximate surface area is 238 Å². The second-order valence-corrected chi connectivity index (χ2v) is 15.1. The third-order valence-electron chi connectivity index (χ3n) is 13.4. The molecule has 6 rings (SSSR count). The number of piperidine rings is 2. The fourth-order valence-electron chi connectivity index (χ4n) is 11.4. The molecule has 2 aliphatic heterocycles. The summed E-state index contributed by atoms with van der Waals surface area (Å²) in [5, 5.41) is 0. The molecule has 0 radical (unpaired) electrons. The topological polar surface area (TPSA) is 29.5 Å². The molecule has 0 aromatic heterocycles. The highest BCUT2D eigenvalue weighted by Gasteiger charge is 2.64. The van der Waals surface area contributed by atoms with Gasteiger partial charge in [-0.05, 0) is 119 Å². The van der Waals surface area contributed by atoms with Gasteiger partial charge in [0, 0.05) is 24.8 Å². The van der Waals surface area contributed by atoms with Crippen molar-refractivity contribution in [2.75, 3.05) is 33.2 Å². The number of quaternary nitrogens is 1. The molecule has 4 saturated carbocycles. The quantitative estimate of drug-likeness (QED) is 0.379. The molecule has 0 N–H and O–H groups in total. The maximum absolute atomic E-state index is 12.3. The average molecular weight is 580 g/mol. The summed E-state index contributed by atoms with van der Waals surface area (Å²) < 4.78 is 7.66. The largest absolute Gasteiger partial charge is 1.00 e. The number of halogens is 1. The van der Waals surface area contributed by atoms with Gasteiger partial charge >= 0.3 is 5.97 Å². The van der Waals surface area contributed by atoms with Crippen molar-refractivity contribution >= 4 is 5.97 Å². The summed E-state index contributed by atoms with van der Waals surface area (Å²) in [4.78, 5) is 15.1. The summed E-state index contributed by atoms with van der Waals surface area (Å²) >= 11 is 0. The Morgan fingerprint density at radius 2 is 1.54 bits per heavy atom. The smallest absolute Gasteiger partial charge is 0.302 e. The lowest BCUT2D eigenvalue weighted by Gasteiger charge is -2.62. The first kappa shape index (κ1) is 28.4. The molecule has 4 nitrogen and oxygen atoms in total. The highest BCUT2D eigenvalue weighted by molar-refractivity contribution is 5.66. The number of esters is 1. The molecular weight excluding hydrogens is 524 g/mol. The zero-order chi connectivity index (χ0) is 25.1. The van der Waals surface area contributed by atoms with Crippen molar-refractivity contribution in [3.63, 3.8) is 0 Å². The number of carbonyl (C=O) groups excluding carboxylic acids is 1. The molecule has 212 valence electrons. The molecule has 6 aliphatic rings. The second kappa shape index (κ2) is 10.7. The van der Waals surface area contributed by atoms with Gasteiger partial charge in [-0.2, -0.15) is 0 Å². The predicted octanol–water partition coefficient (Wildman–Crippen LogP) is 3.43. The van der Waals surface area contributed by atoms with Gasteiger partial charge in [-0.25, -0.2) is 0 Å². The van der Waals surface area contributed by atoms with Gasteiger partial charge in [-0.3, -0.25) is 9.69 Å². The molecule has 9 atom stereocenters. The number of likely N-dealkylation sites (tertiary alicyclic amines) is 2. The van der Waals surface area contributed by atoms with E-state index in [-0.39, 0.29) is 34.5 Å². The number of hydrogen-bond donors (Lipinski definition) is 0. The SMILES string of the molecule is CC(=O)OC1C(N2CCCCC2)C[C@H]2[C@@H]3CCC4CCC([N+]5(C)CCCCC5)C[C@]4(C)[C@@H]3CC[C@]12C.[Br-]. The molecule has 2 heterocycles. The lowest BCUT2D eigenvalue weighted by atomic mass is 9.44. The first-order valence-corrected chi connectivity index (χ1v) is 16.0. The van der Waals surface area contributed by atoms with E-state index in [0.29, 0.717) is 11.5 Å². The van der Waals surface area contributed by atoms with Crippen LogP contribution in [-0.4, -0.2) is 66.8 Å². The summed E-state index contributed by atoms with van der Waals surface area (Å²) in [5.74, 6) is 3.33. The van der Waals surface area contributed by atoms with E-state index in [1.165, 1.54) is 121 Å². The Bertz CT molecular complexity index is 824. The van der Waals surface area contributed by atoms with E-state index in [2.05, 4.69) is 25.8 Å². The number of fused-ring (bicyclic) bond motifs is 5. The van der Waals surface area contributed by atoms with E-state index in [1.54, 1.807) is 6.92 Å². The van der Waals surface area contributed by atoms with Crippen molar-refractivity contribution in [3.05, 3.63) is 0 Å². The second-order valence-electron chi connectivity index (χ2n) is 15.1. The van der Waals surface area contributed by atoms with E-state index in [9.17, 15) is 4.79 Å². The normalized spacial score (nSPS) is 47.6. The van der Waals surface area contributed by atoms with Gasteiger partial charge < -0.3 is 26.2 Å². The zero-order valence-electron chi connectivity index (χ0n) is 24.4. The van der Waals surface area contributed by atoms with Crippen LogP contribution < -0.4 is 17.0 Å². The summed E-state index contributed by atoms with van der Waals surface area (Å²) in [6.45, 7) is 12.2. The molecule has 0 spiro atoms. The third kappa shape index (κ3) is 4.77. The molecular formula is C32H55BrN2O2. The summed E-state index contributed by atoms with van der Waals surface area (Å²) in [7, 11) is 2.61. The predicted molar refractivity (Wildman–Crippen MR) is 145 cm³/mol. The van der Waals surface area contributed by atoms with E-state index >= 15 is 0 Å². The lowest BCUT2D eigenvalue weighted by Crippen LogP contribution is -3.00. The van der Waals surface area contributed by atoms with Gasteiger partial charge in [0.1, 0.15) is 6.10 Å². The number of rotatable bonds is 3. The van der Waals surface area contributed by atoms with E-state index in [0.717, 1.165) is 29.7 Å². The molecule has 4 aliphatic carbocycles. The van der Waals surface area contributed by atoms with Crippen LogP contribution in [0.1, 0.15) is 111 Å². The Hall–Kier alpha value is -0.130. The molecule has 37 heavy (non-hydrogen) atoms. The standard InChI is InChI=1S/C32H55N2O2.BrH/c1-23(35)36-30-29(33-17-7-5-8-18-33)21-28-26-14-12-24-11-13-25(34(4)19-9-6-10-20-34)22-32(24,3)27(26)15-16-31(28,30)2;/h24-30H,5-22H2,1-4H3;1H/q+1;/p-1/t24?,25?,26-,27-,28+,29?,30?,31+,32+;/m1./s1. The number of hydrogen-bond acceptors (Lipinski definition) is 3. The molecule has 5 heteroatoms. The average Bonchev–Trinajstić information content (AvgIpc) is 3.16. The van der Waals surface area contributed by atoms with Crippen LogP contribution in [0.15, 0.2) is 0 Å². The van der Waals surface area contributed by atoms with Crippen molar-refractivity contribution in [1.29, 1.82) is 0 Å². The molecule has 0 amide bonds. The van der Waals surface area contributed by atoms with Crippen molar-refractivity contribution in [3.8, 4) is 0 Å². The third-order valence-corrected chi connectivity index (χ3v) is 13.4. The van der Waals surface area contributed by atoms with Crippen LogP contribution in [0.5, 0.6) is 0 Å². The fourth-order valence-corrected chi connectivity index (χ4v) is 11.4. The van der Waals surface area contributed by atoms with E-state index < -0.39 is 0 Å². The van der Waals surface area contributed by atoms with Crippen LogP contribution in [0.3, 0.4) is 0 Å². The van der Waals surface area contributed by atoms with Crippen LogP contribution in [0.25, 0.3) is 0 Å². The minimum absolute atomic E-state index is 0. The van der Waals surface area contributed by atoms with Crippen LogP contribution in [0.2, 0.25) is 0 Å². The van der Waals surface area contributed by atoms with Gasteiger partial charge in [0.25, 0.3) is 0 Å². The molecule has 6 fully saturated rings. The molecule has 0 bridgehead atoms. The first-order chi connectivity index (χ1) is 17.2. The zero-order valence-corrected chi connectivity index (χ0v) is 25.9. The summed E-state index contributed by atoms with van der Waals surface area (Å²) in [5.41, 5.74) is 0.684. The monoisotopic (exact) mass is 578 g/mol. The van der Waals surface area contributed by atoms with Crippen LogP contribution in [0.4, 0.5) is 0 Å². The number of carbonyl (C=O) groups is 1. The minimum Gasteiger partial charge on any atom is -1.00 e. The van der Waals surface area contributed by atoms with E-state index in [1.807, 2.05) is 0 Å². The molecule has 0 aromatic carbocycles. The van der Waals surface area contributed by atoms with E-state index in [4.69, 9.17) is 4.74 Å². The van der Waals surface area contributed by atoms with Gasteiger partial charge in [0.05, 0.1) is 26.2 Å². The van der Waals surface area contributed by atoms with Crippen molar-refractivity contribution in [2.24, 2.45) is 34.5 Å². The number of nitrogens with zero attached hydrogens (tertiary/aromatic N) is 2.